The largest absolute Gasteiger partial charge is 0.396 e. The first kappa shape index (κ1) is 13.3. The third kappa shape index (κ3) is 2.49. The molecule has 2 aromatic rings. The third-order valence-electron chi connectivity index (χ3n) is 3.85. The van der Waals surface area contributed by atoms with Crippen molar-refractivity contribution in [2.75, 3.05) is 13.2 Å². The number of amides is 1. The lowest BCUT2D eigenvalue weighted by Gasteiger charge is -2.13. The van der Waals surface area contributed by atoms with Gasteiger partial charge in [0.2, 0.25) is 0 Å². The van der Waals surface area contributed by atoms with Crippen LogP contribution in [-0.4, -0.2) is 29.1 Å². The second-order valence-electron chi connectivity index (χ2n) is 5.35. The lowest BCUT2D eigenvalue weighted by atomic mass is 10.1. The number of carbonyl (C=O) groups is 1. The number of rotatable bonds is 4. The van der Waals surface area contributed by atoms with Crippen LogP contribution < -0.4 is 5.32 Å². The van der Waals surface area contributed by atoms with Gasteiger partial charge >= 0.3 is 0 Å². The molecule has 0 unspecified atom stereocenters. The van der Waals surface area contributed by atoms with Gasteiger partial charge in [-0.05, 0) is 25.0 Å². The highest BCUT2D eigenvalue weighted by atomic mass is 35.5. The number of aliphatic hydroxyl groups is 1. The van der Waals surface area contributed by atoms with Crippen molar-refractivity contribution in [3.8, 4) is 0 Å². The topological polar surface area (TPSA) is 62.2 Å². The molecule has 0 aliphatic heterocycles. The van der Waals surface area contributed by atoms with Crippen molar-refractivity contribution in [3.05, 3.63) is 41.0 Å². The van der Waals surface area contributed by atoms with Gasteiger partial charge in [-0.3, -0.25) is 4.79 Å². The SMILES string of the molecule is O=C(NCC1(CO)CC1)c1cc(Cl)nc2ccccc12. The quantitative estimate of drug-likeness (QED) is 0.850. The average Bonchev–Trinajstić information content (AvgIpc) is 3.24. The molecule has 0 radical (unpaired) electrons. The van der Waals surface area contributed by atoms with Gasteiger partial charge in [0.1, 0.15) is 5.15 Å². The van der Waals surface area contributed by atoms with Crippen LogP contribution in [-0.2, 0) is 0 Å². The molecule has 2 N–H and O–H groups in total. The van der Waals surface area contributed by atoms with Crippen LogP contribution in [0.3, 0.4) is 0 Å². The first-order chi connectivity index (χ1) is 9.63. The predicted octanol–water partition coefficient (Wildman–Crippen LogP) is 2.39. The van der Waals surface area contributed by atoms with Crippen LogP contribution in [0, 0.1) is 5.41 Å². The molecule has 3 rings (SSSR count). The maximum Gasteiger partial charge on any atom is 0.252 e. The zero-order valence-electron chi connectivity index (χ0n) is 10.9. The number of nitrogens with one attached hydrogen (secondary N) is 1. The highest BCUT2D eigenvalue weighted by Crippen LogP contribution is 2.44. The number of nitrogens with zero attached hydrogens (tertiary/aromatic N) is 1. The van der Waals surface area contributed by atoms with Crippen LogP contribution in [0.5, 0.6) is 0 Å². The standard InChI is InChI=1S/C15H15ClN2O2/c16-13-7-11(10-3-1-2-4-12(10)18-13)14(20)17-8-15(9-19)5-6-15/h1-4,7,19H,5-6,8-9H2,(H,17,20). The summed E-state index contributed by atoms with van der Waals surface area (Å²) in [5.74, 6) is -0.176. The summed E-state index contributed by atoms with van der Waals surface area (Å²) < 4.78 is 0. The summed E-state index contributed by atoms with van der Waals surface area (Å²) in [5.41, 5.74) is 1.12. The van der Waals surface area contributed by atoms with Crippen LogP contribution in [0.25, 0.3) is 10.9 Å². The number of aliphatic hydroxyl groups excluding tert-OH is 1. The molecule has 1 aliphatic carbocycles. The molecule has 1 aromatic heterocycles. The zero-order chi connectivity index (χ0) is 14.2. The minimum atomic E-state index is -0.176. The molecule has 20 heavy (non-hydrogen) atoms. The molecule has 1 fully saturated rings. The van der Waals surface area contributed by atoms with Gasteiger partial charge in [0.05, 0.1) is 17.7 Å². The van der Waals surface area contributed by atoms with Crippen LogP contribution >= 0.6 is 11.6 Å². The molecule has 0 spiro atoms. The maximum absolute atomic E-state index is 12.3. The first-order valence-electron chi connectivity index (χ1n) is 6.58. The third-order valence-corrected chi connectivity index (χ3v) is 4.04. The van der Waals surface area contributed by atoms with Crippen molar-refractivity contribution in [1.29, 1.82) is 0 Å². The Labute approximate surface area is 121 Å². The van der Waals surface area contributed by atoms with Crippen LogP contribution in [0.2, 0.25) is 5.15 Å². The van der Waals surface area contributed by atoms with Gasteiger partial charge in [-0.1, -0.05) is 29.8 Å². The number of hydrogen-bond acceptors (Lipinski definition) is 3. The van der Waals surface area contributed by atoms with E-state index >= 15 is 0 Å². The van der Waals surface area contributed by atoms with Gasteiger partial charge in [-0.25, -0.2) is 4.98 Å². The van der Waals surface area contributed by atoms with E-state index in [0.29, 0.717) is 22.8 Å². The molecule has 5 heteroatoms. The van der Waals surface area contributed by atoms with E-state index < -0.39 is 0 Å². The van der Waals surface area contributed by atoms with Crippen LogP contribution in [0.4, 0.5) is 0 Å². The number of carbonyl (C=O) groups excluding carboxylic acids is 1. The molecule has 0 saturated heterocycles. The van der Waals surface area contributed by atoms with Crippen molar-refractivity contribution in [1.82, 2.24) is 10.3 Å². The summed E-state index contributed by atoms with van der Waals surface area (Å²) in [5, 5.41) is 13.2. The van der Waals surface area contributed by atoms with E-state index in [1.165, 1.54) is 0 Å². The van der Waals surface area contributed by atoms with Crippen molar-refractivity contribution >= 4 is 28.4 Å². The van der Waals surface area contributed by atoms with E-state index in [1.54, 1.807) is 6.07 Å². The Kier molecular flexibility index (Phi) is 3.36. The number of para-hydroxylation sites is 1. The Bertz CT molecular complexity index is 668. The fourth-order valence-corrected chi connectivity index (χ4v) is 2.46. The lowest BCUT2D eigenvalue weighted by Crippen LogP contribution is -2.32. The lowest BCUT2D eigenvalue weighted by molar-refractivity contribution is 0.0937. The molecule has 4 nitrogen and oxygen atoms in total. The average molecular weight is 291 g/mol. The van der Waals surface area contributed by atoms with Crippen LogP contribution in [0.15, 0.2) is 30.3 Å². The molecule has 0 bridgehead atoms. The second-order valence-corrected chi connectivity index (χ2v) is 5.74. The second kappa shape index (κ2) is 5.04. The van der Waals surface area contributed by atoms with Crippen molar-refractivity contribution in [2.45, 2.75) is 12.8 Å². The Hall–Kier alpha value is -1.65. The number of aromatic nitrogens is 1. The highest BCUT2D eigenvalue weighted by molar-refractivity contribution is 6.30. The highest BCUT2D eigenvalue weighted by Gasteiger charge is 2.42. The fraction of sp³-hybridized carbons (Fsp3) is 0.333. The normalized spacial score (nSPS) is 16.1. The summed E-state index contributed by atoms with van der Waals surface area (Å²) in [6, 6.07) is 8.99. The molecule has 1 aliphatic rings. The first-order valence-corrected chi connectivity index (χ1v) is 6.96. The van der Waals surface area contributed by atoms with E-state index in [-0.39, 0.29) is 17.9 Å². The van der Waals surface area contributed by atoms with E-state index in [0.717, 1.165) is 18.2 Å². The Morgan fingerprint density at radius 1 is 1.40 bits per heavy atom. The molecular weight excluding hydrogens is 276 g/mol. The maximum atomic E-state index is 12.3. The van der Waals surface area contributed by atoms with Gasteiger partial charge < -0.3 is 10.4 Å². The summed E-state index contributed by atoms with van der Waals surface area (Å²) in [7, 11) is 0. The number of fused-ring (bicyclic) bond motifs is 1. The zero-order valence-corrected chi connectivity index (χ0v) is 11.7. The van der Waals surface area contributed by atoms with Crippen molar-refractivity contribution < 1.29 is 9.90 Å². The van der Waals surface area contributed by atoms with E-state index in [2.05, 4.69) is 10.3 Å². The molecule has 1 saturated carbocycles. The summed E-state index contributed by atoms with van der Waals surface area (Å²) in [4.78, 5) is 16.5. The van der Waals surface area contributed by atoms with Gasteiger partial charge in [0.15, 0.2) is 0 Å². The minimum Gasteiger partial charge on any atom is -0.396 e. The molecule has 0 atom stereocenters. The van der Waals surface area contributed by atoms with Gasteiger partial charge in [-0.2, -0.15) is 0 Å². The molecule has 1 heterocycles. The molecule has 104 valence electrons. The smallest absolute Gasteiger partial charge is 0.252 e. The Balaban J connectivity index is 1.87. The minimum absolute atomic E-state index is 0.109. The monoisotopic (exact) mass is 290 g/mol. The molecule has 1 aromatic carbocycles. The summed E-state index contributed by atoms with van der Waals surface area (Å²) >= 11 is 5.97. The molecule has 1 amide bonds. The Morgan fingerprint density at radius 3 is 2.85 bits per heavy atom. The van der Waals surface area contributed by atoms with Gasteiger partial charge in [0.25, 0.3) is 5.91 Å². The van der Waals surface area contributed by atoms with Crippen molar-refractivity contribution in [2.24, 2.45) is 5.41 Å². The van der Waals surface area contributed by atoms with Gasteiger partial charge in [0, 0.05) is 17.3 Å². The van der Waals surface area contributed by atoms with Crippen molar-refractivity contribution in [3.63, 3.8) is 0 Å². The van der Waals surface area contributed by atoms with E-state index in [4.69, 9.17) is 11.6 Å². The number of halogens is 1. The predicted molar refractivity (Wildman–Crippen MR) is 77.8 cm³/mol. The number of hydrogen-bond donors (Lipinski definition) is 2. The summed E-state index contributed by atoms with van der Waals surface area (Å²) in [6.07, 6.45) is 1.92. The summed E-state index contributed by atoms with van der Waals surface area (Å²) in [6.45, 7) is 0.613. The Morgan fingerprint density at radius 2 is 2.15 bits per heavy atom. The van der Waals surface area contributed by atoms with E-state index in [1.807, 2.05) is 24.3 Å². The number of pyridine rings is 1. The fourth-order valence-electron chi connectivity index (χ4n) is 2.26. The van der Waals surface area contributed by atoms with Gasteiger partial charge in [-0.15, -0.1) is 0 Å². The van der Waals surface area contributed by atoms with Crippen LogP contribution in [0.1, 0.15) is 23.2 Å². The van der Waals surface area contributed by atoms with E-state index in [9.17, 15) is 9.90 Å². The molecular formula is C15H15ClN2O2. The number of benzene rings is 1.